The lowest BCUT2D eigenvalue weighted by Crippen LogP contribution is -2.14. The molecule has 0 unspecified atom stereocenters. The molecule has 3 heterocycles. The van der Waals surface area contributed by atoms with Crippen LogP contribution in [0.3, 0.4) is 0 Å². The first-order chi connectivity index (χ1) is 15.6. The van der Waals surface area contributed by atoms with Gasteiger partial charge in [0, 0.05) is 24.0 Å². The molecule has 5 rings (SSSR count). The highest BCUT2D eigenvalue weighted by molar-refractivity contribution is 6.05. The number of amides is 1. The first kappa shape index (κ1) is 19.9. The molecule has 9 heteroatoms. The molecule has 2 aromatic heterocycles. The summed E-state index contributed by atoms with van der Waals surface area (Å²) >= 11 is 0. The molecule has 1 amide bonds. The van der Waals surface area contributed by atoms with Crippen LogP contribution in [0.25, 0.3) is 16.9 Å². The quantitative estimate of drug-likeness (QED) is 0.447. The van der Waals surface area contributed by atoms with E-state index in [-0.39, 0.29) is 5.82 Å². The molecule has 0 radical (unpaired) electrons. The minimum Gasteiger partial charge on any atom is -0.370 e. The van der Waals surface area contributed by atoms with Gasteiger partial charge in [-0.2, -0.15) is 19.7 Å². The van der Waals surface area contributed by atoms with E-state index in [0.29, 0.717) is 34.8 Å². The number of primary amides is 1. The monoisotopic (exact) mass is 431 g/mol. The van der Waals surface area contributed by atoms with Crippen LogP contribution in [-0.4, -0.2) is 32.2 Å². The van der Waals surface area contributed by atoms with E-state index in [1.807, 2.05) is 12.1 Å². The molecule has 1 aliphatic rings. The van der Waals surface area contributed by atoms with Crippen molar-refractivity contribution < 1.29 is 9.18 Å². The Kier molecular flexibility index (Phi) is 5.14. The minimum atomic E-state index is -0.517. The van der Waals surface area contributed by atoms with Gasteiger partial charge in [-0.05, 0) is 49.1 Å². The summed E-state index contributed by atoms with van der Waals surface area (Å²) in [5.74, 6) is 1.01. The molecule has 0 saturated carbocycles. The Balaban J connectivity index is 1.58. The van der Waals surface area contributed by atoms with Crippen molar-refractivity contribution in [2.75, 3.05) is 17.2 Å². The number of anilines is 2. The van der Waals surface area contributed by atoms with Crippen molar-refractivity contribution in [3.05, 3.63) is 71.2 Å². The van der Waals surface area contributed by atoms with Gasteiger partial charge in [-0.1, -0.05) is 18.2 Å². The number of nitrogens with zero attached hydrogens (tertiary/aromatic N) is 4. The predicted molar refractivity (Wildman–Crippen MR) is 120 cm³/mol. The normalized spacial score (nSPS) is 13.3. The van der Waals surface area contributed by atoms with E-state index in [4.69, 9.17) is 15.7 Å². The molecule has 0 fully saturated rings. The summed E-state index contributed by atoms with van der Waals surface area (Å²) in [4.78, 5) is 21.3. The molecule has 4 aromatic rings. The second-order valence-corrected chi connectivity index (χ2v) is 7.73. The minimum absolute atomic E-state index is 0.276. The molecule has 1 aliphatic heterocycles. The van der Waals surface area contributed by atoms with Gasteiger partial charge >= 0.3 is 0 Å². The van der Waals surface area contributed by atoms with Crippen LogP contribution >= 0.6 is 0 Å². The molecule has 8 nitrogen and oxygen atoms in total. The topological polar surface area (TPSA) is 111 Å². The van der Waals surface area contributed by atoms with Gasteiger partial charge in [0.1, 0.15) is 17.5 Å². The highest BCUT2D eigenvalue weighted by atomic mass is 19.1. The van der Waals surface area contributed by atoms with Gasteiger partial charge in [-0.25, -0.2) is 4.39 Å². The van der Waals surface area contributed by atoms with Crippen LogP contribution in [0, 0.1) is 5.82 Å². The SMILES string of the molecule is NC(=O)c1cccc2c1cnn2-c1nc2c(c(NCc3cccc(F)c3)n1)CCCCN2. The lowest BCUT2D eigenvalue weighted by molar-refractivity contribution is 0.100. The third-order valence-corrected chi connectivity index (χ3v) is 5.56. The highest BCUT2D eigenvalue weighted by Gasteiger charge is 2.20. The average Bonchev–Trinajstić information content (AvgIpc) is 3.08. The number of hydrogen-bond donors (Lipinski definition) is 3. The number of halogens is 1. The summed E-state index contributed by atoms with van der Waals surface area (Å²) in [7, 11) is 0. The fraction of sp³-hybridized carbons (Fsp3) is 0.217. The lowest BCUT2D eigenvalue weighted by atomic mass is 10.1. The van der Waals surface area contributed by atoms with Gasteiger partial charge in [-0.3, -0.25) is 4.79 Å². The van der Waals surface area contributed by atoms with E-state index in [2.05, 4.69) is 15.7 Å². The summed E-state index contributed by atoms with van der Waals surface area (Å²) in [6.07, 6.45) is 4.48. The van der Waals surface area contributed by atoms with Crippen LogP contribution < -0.4 is 16.4 Å². The Bertz CT molecular complexity index is 1320. The van der Waals surface area contributed by atoms with Crippen molar-refractivity contribution in [2.24, 2.45) is 5.73 Å². The van der Waals surface area contributed by atoms with Gasteiger partial charge in [0.25, 0.3) is 5.95 Å². The number of nitrogens with two attached hydrogens (primary N) is 1. The van der Waals surface area contributed by atoms with Crippen LogP contribution in [0.5, 0.6) is 0 Å². The largest absolute Gasteiger partial charge is 0.370 e. The number of aromatic nitrogens is 4. The summed E-state index contributed by atoms with van der Waals surface area (Å²) in [6, 6.07) is 11.7. The van der Waals surface area contributed by atoms with Crippen LogP contribution in [0.4, 0.5) is 16.0 Å². The fourth-order valence-corrected chi connectivity index (χ4v) is 3.99. The molecular weight excluding hydrogens is 409 g/mol. The zero-order valence-corrected chi connectivity index (χ0v) is 17.3. The molecule has 0 saturated heterocycles. The maximum Gasteiger partial charge on any atom is 0.255 e. The number of rotatable bonds is 5. The zero-order chi connectivity index (χ0) is 22.1. The van der Waals surface area contributed by atoms with E-state index in [9.17, 15) is 9.18 Å². The standard InChI is InChI=1S/C23H22FN7O/c24-15-6-3-5-14(11-15)12-27-22-17-7-1-2-10-26-21(17)29-23(30-22)31-19-9-4-8-16(20(25)32)18(19)13-28-31/h3-6,8-9,11,13H,1-2,7,10,12H2,(H2,25,32)(H2,26,27,29,30). The van der Waals surface area contributed by atoms with Crippen LogP contribution in [0.15, 0.2) is 48.7 Å². The van der Waals surface area contributed by atoms with Gasteiger partial charge in [0.15, 0.2) is 0 Å². The molecule has 2 aromatic carbocycles. The number of hydrogen-bond acceptors (Lipinski definition) is 6. The van der Waals surface area contributed by atoms with Gasteiger partial charge in [-0.15, -0.1) is 0 Å². The van der Waals surface area contributed by atoms with Crippen molar-refractivity contribution in [1.82, 2.24) is 19.7 Å². The van der Waals surface area contributed by atoms with E-state index in [1.54, 1.807) is 29.1 Å². The maximum atomic E-state index is 13.6. The first-order valence-corrected chi connectivity index (χ1v) is 10.5. The predicted octanol–water partition coefficient (Wildman–Crippen LogP) is 3.41. The third kappa shape index (κ3) is 3.73. The third-order valence-electron chi connectivity index (χ3n) is 5.56. The zero-order valence-electron chi connectivity index (χ0n) is 17.3. The number of benzene rings is 2. The Hall–Kier alpha value is -4.01. The fourth-order valence-electron chi connectivity index (χ4n) is 3.99. The Labute approximate surface area is 183 Å². The molecule has 0 atom stereocenters. The summed E-state index contributed by atoms with van der Waals surface area (Å²) in [5, 5.41) is 11.8. The molecule has 0 bridgehead atoms. The van der Waals surface area contributed by atoms with E-state index in [1.165, 1.54) is 12.1 Å². The second kappa shape index (κ2) is 8.26. The Morgan fingerprint density at radius 1 is 1.19 bits per heavy atom. The Morgan fingerprint density at radius 2 is 2.06 bits per heavy atom. The number of nitrogens with one attached hydrogen (secondary N) is 2. The first-order valence-electron chi connectivity index (χ1n) is 10.5. The number of carbonyl (C=O) groups excluding carboxylic acids is 1. The molecule has 0 spiro atoms. The van der Waals surface area contributed by atoms with Gasteiger partial charge in [0.05, 0.1) is 17.3 Å². The van der Waals surface area contributed by atoms with E-state index in [0.717, 1.165) is 42.8 Å². The summed E-state index contributed by atoms with van der Waals surface area (Å²) < 4.78 is 15.2. The second-order valence-electron chi connectivity index (χ2n) is 7.73. The Morgan fingerprint density at radius 3 is 2.91 bits per heavy atom. The summed E-state index contributed by atoms with van der Waals surface area (Å²) in [5.41, 5.74) is 8.41. The lowest BCUT2D eigenvalue weighted by Gasteiger charge is -2.15. The summed E-state index contributed by atoms with van der Waals surface area (Å²) in [6.45, 7) is 1.24. The van der Waals surface area contributed by atoms with Gasteiger partial charge < -0.3 is 16.4 Å². The van der Waals surface area contributed by atoms with Crippen molar-refractivity contribution in [1.29, 1.82) is 0 Å². The number of fused-ring (bicyclic) bond motifs is 2. The molecule has 0 aliphatic carbocycles. The molecule has 4 N–H and O–H groups in total. The van der Waals surface area contributed by atoms with E-state index < -0.39 is 5.91 Å². The van der Waals surface area contributed by atoms with Crippen molar-refractivity contribution in [3.8, 4) is 5.95 Å². The number of carbonyl (C=O) groups is 1. The van der Waals surface area contributed by atoms with Crippen LogP contribution in [-0.2, 0) is 13.0 Å². The highest BCUT2D eigenvalue weighted by Crippen LogP contribution is 2.29. The molecular formula is C23H22FN7O. The average molecular weight is 431 g/mol. The molecule has 32 heavy (non-hydrogen) atoms. The van der Waals surface area contributed by atoms with Crippen molar-refractivity contribution in [2.45, 2.75) is 25.8 Å². The van der Waals surface area contributed by atoms with Crippen molar-refractivity contribution >= 4 is 28.4 Å². The maximum absolute atomic E-state index is 13.6. The smallest absolute Gasteiger partial charge is 0.255 e. The van der Waals surface area contributed by atoms with Crippen molar-refractivity contribution in [3.63, 3.8) is 0 Å². The molecule has 162 valence electrons. The van der Waals surface area contributed by atoms with E-state index >= 15 is 0 Å². The van der Waals surface area contributed by atoms with Crippen LogP contribution in [0.1, 0.15) is 34.3 Å². The van der Waals surface area contributed by atoms with Gasteiger partial charge in [0.2, 0.25) is 5.91 Å². The van der Waals surface area contributed by atoms with Crippen LogP contribution in [0.2, 0.25) is 0 Å².